The van der Waals surface area contributed by atoms with Crippen molar-refractivity contribution >= 4 is 27.7 Å². The average Bonchev–Trinajstić information content (AvgIpc) is 2.92. The molecule has 1 N–H and O–H groups in total. The zero-order chi connectivity index (χ0) is 13.8. The quantitative estimate of drug-likeness (QED) is 0.925. The molecule has 19 heavy (non-hydrogen) atoms. The van der Waals surface area contributed by atoms with Gasteiger partial charge in [-0.15, -0.1) is 0 Å². The van der Waals surface area contributed by atoms with Gasteiger partial charge in [-0.05, 0) is 47.8 Å². The van der Waals surface area contributed by atoms with Crippen molar-refractivity contribution in [3.8, 4) is 0 Å². The fourth-order valence-electron chi connectivity index (χ4n) is 2.14. The van der Waals surface area contributed by atoms with Crippen molar-refractivity contribution in [3.05, 3.63) is 33.8 Å². The molecule has 0 unspecified atom stereocenters. The molecular weight excluding hydrogens is 308 g/mol. The van der Waals surface area contributed by atoms with Gasteiger partial charge >= 0.3 is 0 Å². The van der Waals surface area contributed by atoms with Crippen LogP contribution in [0.4, 0.5) is 0 Å². The van der Waals surface area contributed by atoms with Crippen LogP contribution in [0, 0.1) is 6.92 Å². The first-order chi connectivity index (χ1) is 9.08. The summed E-state index contributed by atoms with van der Waals surface area (Å²) in [5.41, 5.74) is 1.58. The van der Waals surface area contributed by atoms with E-state index < -0.39 is 0 Å². The molecule has 1 aliphatic heterocycles. The monoisotopic (exact) mass is 324 g/mol. The molecule has 0 spiro atoms. The third-order valence-electron chi connectivity index (χ3n) is 3.23. The minimum Gasteiger partial charge on any atom is -0.343 e. The molecule has 1 aromatic rings. The molecule has 2 amide bonds. The lowest BCUT2D eigenvalue weighted by atomic mass is 10.1. The van der Waals surface area contributed by atoms with Gasteiger partial charge in [0.05, 0.1) is 12.1 Å². The van der Waals surface area contributed by atoms with E-state index in [1.807, 2.05) is 19.1 Å². The van der Waals surface area contributed by atoms with Gasteiger partial charge in [-0.25, -0.2) is 0 Å². The highest BCUT2D eigenvalue weighted by Crippen LogP contribution is 2.17. The van der Waals surface area contributed by atoms with Crippen LogP contribution in [0.3, 0.4) is 0 Å². The van der Waals surface area contributed by atoms with E-state index in [9.17, 15) is 9.59 Å². The Balaban J connectivity index is 1.93. The van der Waals surface area contributed by atoms with Gasteiger partial charge in [0.1, 0.15) is 0 Å². The lowest BCUT2D eigenvalue weighted by molar-refractivity contribution is -0.129. The second-order valence-corrected chi connectivity index (χ2v) is 5.61. The van der Waals surface area contributed by atoms with Crippen LogP contribution in [0.2, 0.25) is 0 Å². The maximum absolute atomic E-state index is 12.0. The van der Waals surface area contributed by atoms with Crippen molar-refractivity contribution in [2.45, 2.75) is 19.8 Å². The van der Waals surface area contributed by atoms with Crippen LogP contribution in [0.15, 0.2) is 22.7 Å². The highest BCUT2D eigenvalue weighted by molar-refractivity contribution is 9.10. The Bertz CT molecular complexity index is 496. The number of carbonyl (C=O) groups excluding carboxylic acids is 2. The summed E-state index contributed by atoms with van der Waals surface area (Å²) in [6.45, 7) is 3.61. The molecule has 0 radical (unpaired) electrons. The Kier molecular flexibility index (Phi) is 4.58. The topological polar surface area (TPSA) is 49.4 Å². The third kappa shape index (κ3) is 3.56. The van der Waals surface area contributed by atoms with E-state index in [-0.39, 0.29) is 18.4 Å². The highest BCUT2D eigenvalue weighted by Gasteiger charge is 2.19. The molecule has 1 aliphatic rings. The molecule has 102 valence electrons. The van der Waals surface area contributed by atoms with E-state index >= 15 is 0 Å². The normalized spacial score (nSPS) is 14.5. The van der Waals surface area contributed by atoms with E-state index in [1.165, 1.54) is 0 Å². The van der Waals surface area contributed by atoms with Crippen LogP contribution in [0.5, 0.6) is 0 Å². The molecule has 4 nitrogen and oxygen atoms in total. The number of halogens is 1. The predicted octanol–water partition coefficient (Wildman–Crippen LogP) is 2.11. The van der Waals surface area contributed by atoms with E-state index in [0.717, 1.165) is 36.0 Å². The van der Waals surface area contributed by atoms with Gasteiger partial charge in [0.15, 0.2) is 0 Å². The first-order valence-corrected chi connectivity index (χ1v) is 7.19. The van der Waals surface area contributed by atoms with Gasteiger partial charge in [-0.3, -0.25) is 9.59 Å². The maximum atomic E-state index is 12.0. The molecule has 0 bridgehead atoms. The van der Waals surface area contributed by atoms with Gasteiger partial charge in [0, 0.05) is 17.6 Å². The standard InChI is InChI=1S/C14H17BrN2O2/c1-10-4-5-12(15)11(8-10)14(19)16-9-13(18)17-6-2-3-7-17/h4-5,8H,2-3,6-7,9H2,1H3,(H,16,19). The van der Waals surface area contributed by atoms with E-state index in [0.29, 0.717) is 5.56 Å². The first kappa shape index (κ1) is 14.1. The molecule has 5 heteroatoms. The zero-order valence-corrected chi connectivity index (χ0v) is 12.5. The Labute approximate surface area is 121 Å². The Morgan fingerprint density at radius 1 is 1.32 bits per heavy atom. The average molecular weight is 325 g/mol. The van der Waals surface area contributed by atoms with Crippen LogP contribution in [-0.2, 0) is 4.79 Å². The van der Waals surface area contributed by atoms with Gasteiger partial charge < -0.3 is 10.2 Å². The second-order valence-electron chi connectivity index (χ2n) is 4.75. The lowest BCUT2D eigenvalue weighted by Gasteiger charge is -2.15. The van der Waals surface area contributed by atoms with Gasteiger partial charge in [-0.2, -0.15) is 0 Å². The number of hydrogen-bond acceptors (Lipinski definition) is 2. The number of amides is 2. The summed E-state index contributed by atoms with van der Waals surface area (Å²) in [4.78, 5) is 25.7. The van der Waals surface area contributed by atoms with Crippen molar-refractivity contribution < 1.29 is 9.59 Å². The van der Waals surface area contributed by atoms with Crippen molar-refractivity contribution in [3.63, 3.8) is 0 Å². The van der Waals surface area contributed by atoms with E-state index in [2.05, 4.69) is 21.2 Å². The van der Waals surface area contributed by atoms with Gasteiger partial charge in [0.25, 0.3) is 5.91 Å². The highest BCUT2D eigenvalue weighted by atomic mass is 79.9. The molecule has 0 atom stereocenters. The molecule has 0 aliphatic carbocycles. The Morgan fingerprint density at radius 3 is 2.68 bits per heavy atom. The van der Waals surface area contributed by atoms with Crippen molar-refractivity contribution in [1.29, 1.82) is 0 Å². The van der Waals surface area contributed by atoms with Crippen molar-refractivity contribution in [2.75, 3.05) is 19.6 Å². The summed E-state index contributed by atoms with van der Waals surface area (Å²) in [5, 5.41) is 2.68. The summed E-state index contributed by atoms with van der Waals surface area (Å²) < 4.78 is 0.740. The SMILES string of the molecule is Cc1ccc(Br)c(C(=O)NCC(=O)N2CCCC2)c1. The zero-order valence-electron chi connectivity index (χ0n) is 10.9. The number of nitrogens with one attached hydrogen (secondary N) is 1. The molecular formula is C14H17BrN2O2. The molecule has 1 fully saturated rings. The van der Waals surface area contributed by atoms with Crippen LogP contribution in [0.25, 0.3) is 0 Å². The largest absolute Gasteiger partial charge is 0.343 e. The number of nitrogens with zero attached hydrogens (tertiary/aromatic N) is 1. The summed E-state index contributed by atoms with van der Waals surface area (Å²) in [6.07, 6.45) is 2.12. The molecule has 0 saturated carbocycles. The number of aryl methyl sites for hydroxylation is 1. The lowest BCUT2D eigenvalue weighted by Crippen LogP contribution is -2.38. The predicted molar refractivity (Wildman–Crippen MR) is 77.0 cm³/mol. The summed E-state index contributed by atoms with van der Waals surface area (Å²) in [6, 6.07) is 5.57. The van der Waals surface area contributed by atoms with Crippen LogP contribution in [0.1, 0.15) is 28.8 Å². The number of hydrogen-bond donors (Lipinski definition) is 1. The minimum atomic E-state index is -0.219. The first-order valence-electron chi connectivity index (χ1n) is 6.40. The summed E-state index contributed by atoms with van der Waals surface area (Å²) in [5.74, 6) is -0.224. The molecule has 2 rings (SSSR count). The van der Waals surface area contributed by atoms with Crippen LogP contribution >= 0.6 is 15.9 Å². The van der Waals surface area contributed by atoms with Crippen molar-refractivity contribution in [2.24, 2.45) is 0 Å². The molecule has 1 saturated heterocycles. The van der Waals surface area contributed by atoms with Gasteiger partial charge in [-0.1, -0.05) is 11.6 Å². The van der Waals surface area contributed by atoms with E-state index in [1.54, 1.807) is 11.0 Å². The summed E-state index contributed by atoms with van der Waals surface area (Å²) >= 11 is 3.35. The number of benzene rings is 1. The number of rotatable bonds is 3. The molecule has 0 aromatic heterocycles. The fraction of sp³-hybridized carbons (Fsp3) is 0.429. The van der Waals surface area contributed by atoms with Crippen LogP contribution < -0.4 is 5.32 Å². The smallest absolute Gasteiger partial charge is 0.252 e. The van der Waals surface area contributed by atoms with Crippen molar-refractivity contribution in [1.82, 2.24) is 10.2 Å². The number of carbonyl (C=O) groups is 2. The second kappa shape index (κ2) is 6.19. The maximum Gasteiger partial charge on any atom is 0.252 e. The fourth-order valence-corrected chi connectivity index (χ4v) is 2.57. The Hall–Kier alpha value is -1.36. The molecule has 1 aromatic carbocycles. The summed E-state index contributed by atoms with van der Waals surface area (Å²) in [7, 11) is 0. The minimum absolute atomic E-state index is 0.00498. The molecule has 1 heterocycles. The van der Waals surface area contributed by atoms with Crippen LogP contribution in [-0.4, -0.2) is 36.3 Å². The number of likely N-dealkylation sites (tertiary alicyclic amines) is 1. The van der Waals surface area contributed by atoms with Gasteiger partial charge in [0.2, 0.25) is 5.91 Å². The Morgan fingerprint density at radius 2 is 2.00 bits per heavy atom. The third-order valence-corrected chi connectivity index (χ3v) is 3.92. The van der Waals surface area contributed by atoms with E-state index in [4.69, 9.17) is 0 Å².